The first-order valence-corrected chi connectivity index (χ1v) is 9.79. The van der Waals surface area contributed by atoms with E-state index in [0.29, 0.717) is 18.1 Å². The summed E-state index contributed by atoms with van der Waals surface area (Å²) in [6.07, 6.45) is 0. The number of nitriles is 1. The van der Waals surface area contributed by atoms with Crippen LogP contribution in [0.25, 0.3) is 10.9 Å². The van der Waals surface area contributed by atoms with Gasteiger partial charge in [0.15, 0.2) is 0 Å². The zero-order valence-electron chi connectivity index (χ0n) is 17.2. The minimum absolute atomic E-state index is 0.241. The summed E-state index contributed by atoms with van der Waals surface area (Å²) in [7, 11) is 0. The number of fused-ring (bicyclic) bond motifs is 1. The van der Waals surface area contributed by atoms with Crippen LogP contribution in [0, 0.1) is 37.9 Å². The number of aromatic nitrogens is 2. The number of benzene rings is 2. The number of aryl methyl sites for hydroxylation is 2. The lowest BCUT2D eigenvalue weighted by Crippen LogP contribution is -2.06. The molecule has 2 aromatic heterocycles. The van der Waals surface area contributed by atoms with Crippen LogP contribution in [-0.2, 0) is 13.2 Å². The van der Waals surface area contributed by atoms with Gasteiger partial charge in [0.05, 0.1) is 0 Å². The van der Waals surface area contributed by atoms with E-state index in [9.17, 15) is 9.65 Å². The van der Waals surface area contributed by atoms with E-state index in [1.165, 1.54) is 23.3 Å². The van der Waals surface area contributed by atoms with Gasteiger partial charge in [0, 0.05) is 17.6 Å². The lowest BCUT2D eigenvalue weighted by Gasteiger charge is -2.13. The summed E-state index contributed by atoms with van der Waals surface area (Å²) in [6, 6.07) is 18.5. The van der Waals surface area contributed by atoms with E-state index in [4.69, 9.17) is 4.74 Å². The molecule has 0 saturated heterocycles. The monoisotopic (exact) mass is 399 g/mol. The van der Waals surface area contributed by atoms with Crippen LogP contribution >= 0.6 is 0 Å². The van der Waals surface area contributed by atoms with E-state index in [1.54, 1.807) is 12.1 Å². The topological polar surface area (TPSA) is 50.8 Å². The first-order chi connectivity index (χ1) is 14.5. The first-order valence-electron chi connectivity index (χ1n) is 9.79. The fourth-order valence-electron chi connectivity index (χ4n) is 3.71. The molecule has 0 radical (unpaired) electrons. The predicted molar refractivity (Wildman–Crippen MR) is 115 cm³/mol. The van der Waals surface area contributed by atoms with Crippen LogP contribution in [0.3, 0.4) is 0 Å². The summed E-state index contributed by atoms with van der Waals surface area (Å²) in [5.41, 5.74) is 6.61. The van der Waals surface area contributed by atoms with Crippen molar-refractivity contribution in [2.75, 3.05) is 0 Å². The molecule has 5 heteroatoms. The molecule has 4 nitrogen and oxygen atoms in total. The van der Waals surface area contributed by atoms with E-state index in [0.717, 1.165) is 27.7 Å². The van der Waals surface area contributed by atoms with Crippen LogP contribution in [0.4, 0.5) is 4.39 Å². The van der Waals surface area contributed by atoms with Crippen LogP contribution in [0.2, 0.25) is 0 Å². The van der Waals surface area contributed by atoms with Gasteiger partial charge in [-0.05, 0) is 55.7 Å². The average molecular weight is 399 g/mol. The van der Waals surface area contributed by atoms with E-state index in [1.807, 2.05) is 6.07 Å². The van der Waals surface area contributed by atoms with Crippen molar-refractivity contribution in [3.63, 3.8) is 0 Å². The maximum Gasteiger partial charge on any atom is 0.240 e. The minimum Gasteiger partial charge on any atom is -0.471 e. The molecule has 2 heterocycles. The maximum atomic E-state index is 13.2. The van der Waals surface area contributed by atoms with Crippen molar-refractivity contribution in [3.05, 3.63) is 94.1 Å². The highest BCUT2D eigenvalue weighted by Gasteiger charge is 2.19. The van der Waals surface area contributed by atoms with E-state index < -0.39 is 0 Å². The molecule has 0 saturated carbocycles. The minimum atomic E-state index is -0.288. The van der Waals surface area contributed by atoms with Gasteiger partial charge in [0.1, 0.15) is 29.7 Å². The first kappa shape index (κ1) is 19.7. The Labute approximate surface area is 175 Å². The second kappa shape index (κ2) is 8.00. The largest absolute Gasteiger partial charge is 0.471 e. The molecule has 0 amide bonds. The SMILES string of the molecule is Cc1cccc(Cn2c(C)c(C)c3cc(C#N)nc(OCc4ccc(F)cc4)c32)c1. The lowest BCUT2D eigenvalue weighted by molar-refractivity contribution is 0.296. The van der Waals surface area contributed by atoms with Crippen LogP contribution in [-0.4, -0.2) is 9.55 Å². The summed E-state index contributed by atoms with van der Waals surface area (Å²) in [6.45, 7) is 7.12. The van der Waals surface area contributed by atoms with Gasteiger partial charge in [-0.15, -0.1) is 0 Å². The molecule has 0 bridgehead atoms. The van der Waals surface area contributed by atoms with Gasteiger partial charge in [0.25, 0.3) is 0 Å². The Bertz CT molecular complexity index is 1270. The van der Waals surface area contributed by atoms with Gasteiger partial charge in [-0.25, -0.2) is 9.37 Å². The number of pyridine rings is 1. The molecule has 0 fully saturated rings. The van der Waals surface area contributed by atoms with Crippen molar-refractivity contribution < 1.29 is 9.13 Å². The van der Waals surface area contributed by atoms with Crippen LogP contribution in [0.15, 0.2) is 54.6 Å². The van der Waals surface area contributed by atoms with Gasteiger partial charge in [-0.1, -0.05) is 42.0 Å². The summed E-state index contributed by atoms with van der Waals surface area (Å²) < 4.78 is 21.4. The summed E-state index contributed by atoms with van der Waals surface area (Å²) in [4.78, 5) is 4.45. The molecule has 0 N–H and O–H groups in total. The average Bonchev–Trinajstić information content (AvgIpc) is 2.98. The Hall–Kier alpha value is -3.65. The molecule has 0 atom stereocenters. The Morgan fingerprint density at radius 2 is 1.80 bits per heavy atom. The van der Waals surface area contributed by atoms with Gasteiger partial charge in [0.2, 0.25) is 5.88 Å². The molecule has 0 aliphatic heterocycles. The fourth-order valence-corrected chi connectivity index (χ4v) is 3.71. The Morgan fingerprint density at radius 1 is 1.03 bits per heavy atom. The maximum absolute atomic E-state index is 13.2. The third kappa shape index (κ3) is 3.77. The highest BCUT2D eigenvalue weighted by molar-refractivity contribution is 5.90. The van der Waals surface area contributed by atoms with Crippen molar-refractivity contribution in [1.82, 2.24) is 9.55 Å². The molecular formula is C25H22FN3O. The molecule has 0 aliphatic carbocycles. The van der Waals surface area contributed by atoms with E-state index in [2.05, 4.69) is 60.7 Å². The van der Waals surface area contributed by atoms with Gasteiger partial charge >= 0.3 is 0 Å². The van der Waals surface area contributed by atoms with Crippen LogP contribution in [0.1, 0.15) is 33.6 Å². The van der Waals surface area contributed by atoms with Crippen molar-refractivity contribution >= 4 is 10.9 Å². The highest BCUT2D eigenvalue weighted by atomic mass is 19.1. The molecular weight excluding hydrogens is 377 g/mol. The van der Waals surface area contributed by atoms with Crippen molar-refractivity contribution in [3.8, 4) is 11.9 Å². The summed E-state index contributed by atoms with van der Waals surface area (Å²) >= 11 is 0. The van der Waals surface area contributed by atoms with Gasteiger partial charge in [-0.2, -0.15) is 5.26 Å². The van der Waals surface area contributed by atoms with E-state index in [-0.39, 0.29) is 12.4 Å². The van der Waals surface area contributed by atoms with Crippen LogP contribution < -0.4 is 4.74 Å². The number of rotatable bonds is 5. The zero-order valence-corrected chi connectivity index (χ0v) is 17.2. The number of hydrogen-bond acceptors (Lipinski definition) is 3. The molecule has 0 spiro atoms. The number of nitrogens with zero attached hydrogens (tertiary/aromatic N) is 3. The summed E-state index contributed by atoms with van der Waals surface area (Å²) in [5.74, 6) is 0.126. The van der Waals surface area contributed by atoms with Crippen LogP contribution in [0.5, 0.6) is 5.88 Å². The van der Waals surface area contributed by atoms with Crippen molar-refractivity contribution in [2.24, 2.45) is 0 Å². The third-order valence-electron chi connectivity index (χ3n) is 5.41. The molecule has 4 rings (SSSR count). The standard InChI is InChI=1S/C25H22FN3O/c1-16-5-4-6-20(11-16)14-29-18(3)17(2)23-12-22(13-27)28-25(24(23)29)30-15-19-7-9-21(26)10-8-19/h4-12H,14-15H2,1-3H3. The Balaban J connectivity index is 1.80. The number of halogens is 1. The lowest BCUT2D eigenvalue weighted by atomic mass is 10.1. The number of hydrogen-bond donors (Lipinski definition) is 0. The molecule has 0 unspecified atom stereocenters. The second-order valence-corrected chi connectivity index (χ2v) is 7.52. The third-order valence-corrected chi connectivity index (χ3v) is 5.41. The molecule has 150 valence electrons. The summed E-state index contributed by atoms with van der Waals surface area (Å²) in [5, 5.41) is 10.4. The normalized spacial score (nSPS) is 10.9. The van der Waals surface area contributed by atoms with E-state index >= 15 is 0 Å². The zero-order chi connectivity index (χ0) is 21.3. The van der Waals surface area contributed by atoms with Gasteiger partial charge < -0.3 is 9.30 Å². The smallest absolute Gasteiger partial charge is 0.240 e. The second-order valence-electron chi connectivity index (χ2n) is 7.52. The Morgan fingerprint density at radius 3 is 2.50 bits per heavy atom. The highest BCUT2D eigenvalue weighted by Crippen LogP contribution is 2.33. The molecule has 2 aromatic carbocycles. The van der Waals surface area contributed by atoms with Crippen molar-refractivity contribution in [2.45, 2.75) is 33.9 Å². The quantitative estimate of drug-likeness (QED) is 0.439. The molecule has 30 heavy (non-hydrogen) atoms. The molecule has 4 aromatic rings. The Kier molecular flexibility index (Phi) is 5.24. The van der Waals surface area contributed by atoms with Crippen molar-refractivity contribution in [1.29, 1.82) is 5.26 Å². The molecule has 0 aliphatic rings. The fraction of sp³-hybridized carbons (Fsp3) is 0.200. The predicted octanol–water partition coefficient (Wildman–Crippen LogP) is 5.60. The number of ether oxygens (including phenoxy) is 1. The van der Waals surface area contributed by atoms with Gasteiger partial charge in [-0.3, -0.25) is 0 Å².